The van der Waals surface area contributed by atoms with Crippen molar-refractivity contribution in [3.05, 3.63) is 30.2 Å². The Labute approximate surface area is 98.9 Å². The van der Waals surface area contributed by atoms with Crippen LogP contribution in [0.2, 0.25) is 0 Å². The molecule has 0 amide bonds. The van der Waals surface area contributed by atoms with Crippen LogP contribution in [-0.4, -0.2) is 29.9 Å². The lowest BCUT2D eigenvalue weighted by molar-refractivity contribution is 0.777. The first kappa shape index (κ1) is 8.82. The van der Waals surface area contributed by atoms with E-state index in [-0.39, 0.29) is 0 Å². The molecule has 3 heterocycles. The van der Waals surface area contributed by atoms with Crippen LogP contribution in [0.3, 0.4) is 0 Å². The second-order valence-corrected chi connectivity index (χ2v) is 4.43. The number of fused-ring (bicyclic) bond motifs is 3. The standard InChI is InChI=1S/C10H6N6S/c1-2-7-10(9-6(1)12-4-13-9)15-16(14-7)8-3-11-5-17-8/h1-5,14H. The Balaban J connectivity index is 2.09. The third kappa shape index (κ3) is 1.19. The third-order valence-corrected chi connectivity index (χ3v) is 3.31. The number of nitrogens with one attached hydrogen (secondary N) is 1. The van der Waals surface area contributed by atoms with Gasteiger partial charge in [-0.25, -0.2) is 9.97 Å². The summed E-state index contributed by atoms with van der Waals surface area (Å²) in [5.74, 6) is 0. The van der Waals surface area contributed by atoms with Gasteiger partial charge in [-0.3, -0.25) is 10.1 Å². The van der Waals surface area contributed by atoms with Gasteiger partial charge in [0.15, 0.2) is 5.00 Å². The second kappa shape index (κ2) is 3.11. The van der Waals surface area contributed by atoms with Crippen molar-refractivity contribution in [2.45, 2.75) is 0 Å². The lowest BCUT2D eigenvalue weighted by Gasteiger charge is -1.91. The molecule has 4 rings (SSSR count). The van der Waals surface area contributed by atoms with E-state index >= 15 is 0 Å². The molecule has 3 aromatic heterocycles. The number of thiazole rings is 1. The van der Waals surface area contributed by atoms with E-state index < -0.39 is 0 Å². The molecule has 0 saturated heterocycles. The monoisotopic (exact) mass is 242 g/mol. The lowest BCUT2D eigenvalue weighted by Crippen LogP contribution is -1.94. The van der Waals surface area contributed by atoms with Gasteiger partial charge in [0.2, 0.25) is 0 Å². The number of hydrogen-bond acceptors (Lipinski definition) is 5. The van der Waals surface area contributed by atoms with Crippen molar-refractivity contribution >= 4 is 33.4 Å². The first-order valence-electron chi connectivity index (χ1n) is 4.99. The Morgan fingerprint density at radius 2 is 2.18 bits per heavy atom. The van der Waals surface area contributed by atoms with E-state index in [1.165, 1.54) is 11.3 Å². The smallest absolute Gasteiger partial charge is 0.156 e. The minimum absolute atomic E-state index is 0.821. The van der Waals surface area contributed by atoms with E-state index in [9.17, 15) is 0 Å². The van der Waals surface area contributed by atoms with E-state index in [2.05, 4.69) is 25.1 Å². The highest BCUT2D eigenvalue weighted by Gasteiger charge is 2.09. The molecule has 0 atom stereocenters. The zero-order valence-corrected chi connectivity index (χ0v) is 9.35. The van der Waals surface area contributed by atoms with Gasteiger partial charge < -0.3 is 0 Å². The van der Waals surface area contributed by atoms with Gasteiger partial charge in [0, 0.05) is 0 Å². The number of hydrogen-bond donors (Lipinski definition) is 1. The molecule has 4 aromatic rings. The molecule has 82 valence electrons. The predicted molar refractivity (Wildman–Crippen MR) is 64.2 cm³/mol. The van der Waals surface area contributed by atoms with Gasteiger partial charge in [-0.2, -0.15) is 4.80 Å². The Morgan fingerprint density at radius 3 is 3.06 bits per heavy atom. The fraction of sp³-hybridized carbons (Fsp3) is 0. The summed E-state index contributed by atoms with van der Waals surface area (Å²) in [4.78, 5) is 14.1. The summed E-state index contributed by atoms with van der Waals surface area (Å²) in [5.41, 5.74) is 5.22. The fourth-order valence-electron chi connectivity index (χ4n) is 1.80. The molecule has 1 N–H and O–H groups in total. The molecule has 6 nitrogen and oxygen atoms in total. The number of aromatic amines is 1. The van der Waals surface area contributed by atoms with Gasteiger partial charge in [-0.05, 0) is 12.1 Å². The second-order valence-electron chi connectivity index (χ2n) is 3.57. The number of H-pyrrole nitrogens is 1. The van der Waals surface area contributed by atoms with Crippen molar-refractivity contribution in [1.29, 1.82) is 0 Å². The van der Waals surface area contributed by atoms with Gasteiger partial charge in [0.05, 0.1) is 22.7 Å². The number of benzene rings is 1. The first-order valence-corrected chi connectivity index (χ1v) is 5.87. The van der Waals surface area contributed by atoms with Crippen molar-refractivity contribution in [3.8, 4) is 5.00 Å². The molecule has 7 heteroatoms. The number of rotatable bonds is 1. The third-order valence-electron chi connectivity index (χ3n) is 2.57. The van der Waals surface area contributed by atoms with Crippen LogP contribution in [0.4, 0.5) is 0 Å². The van der Waals surface area contributed by atoms with Gasteiger partial charge in [0.1, 0.15) is 17.4 Å². The SMILES string of the molecule is c1nc2ccc3[nH]n(-c4cncs4)nc3c2n1. The molecular weight excluding hydrogens is 236 g/mol. The quantitative estimate of drug-likeness (QED) is 0.552. The average molecular weight is 242 g/mol. The maximum atomic E-state index is 4.48. The highest BCUT2D eigenvalue weighted by Crippen LogP contribution is 2.21. The molecule has 0 saturated carbocycles. The van der Waals surface area contributed by atoms with Crippen molar-refractivity contribution in [2.75, 3.05) is 0 Å². The number of imidazole rings is 1. The Bertz CT molecular complexity index is 797. The van der Waals surface area contributed by atoms with E-state index in [1.54, 1.807) is 22.8 Å². The van der Waals surface area contributed by atoms with Gasteiger partial charge >= 0.3 is 0 Å². The summed E-state index contributed by atoms with van der Waals surface area (Å²) in [6.45, 7) is 0. The maximum Gasteiger partial charge on any atom is 0.156 e. The largest absolute Gasteiger partial charge is 0.275 e. The molecule has 17 heavy (non-hydrogen) atoms. The Hall–Kier alpha value is -2.28. The van der Waals surface area contributed by atoms with Crippen LogP contribution < -0.4 is 0 Å². The van der Waals surface area contributed by atoms with Crippen LogP contribution in [0.5, 0.6) is 0 Å². The highest BCUT2D eigenvalue weighted by atomic mass is 32.1. The zero-order chi connectivity index (χ0) is 11.2. The molecule has 0 fully saturated rings. The van der Waals surface area contributed by atoms with Crippen molar-refractivity contribution in [2.24, 2.45) is 0 Å². The number of aromatic nitrogens is 6. The molecular formula is C10H6N6S. The summed E-state index contributed by atoms with van der Waals surface area (Å²) in [7, 11) is 0. The maximum absolute atomic E-state index is 4.48. The average Bonchev–Trinajstić information content (AvgIpc) is 3.08. The summed E-state index contributed by atoms with van der Waals surface area (Å²) in [5, 5.41) is 8.61. The van der Waals surface area contributed by atoms with Crippen LogP contribution in [0, 0.1) is 0 Å². The van der Waals surface area contributed by atoms with E-state index in [0.29, 0.717) is 0 Å². The molecule has 0 aliphatic carbocycles. The molecule has 0 bridgehead atoms. The van der Waals surface area contributed by atoms with Crippen LogP contribution >= 0.6 is 11.3 Å². The van der Waals surface area contributed by atoms with Crippen LogP contribution in [0.1, 0.15) is 0 Å². The predicted octanol–water partition coefficient (Wildman–Crippen LogP) is 1.75. The van der Waals surface area contributed by atoms with Gasteiger partial charge in [0.25, 0.3) is 0 Å². The van der Waals surface area contributed by atoms with Crippen LogP contribution in [0.25, 0.3) is 27.1 Å². The Morgan fingerprint density at radius 1 is 1.18 bits per heavy atom. The highest BCUT2D eigenvalue weighted by molar-refractivity contribution is 7.12. The van der Waals surface area contributed by atoms with E-state index in [4.69, 9.17) is 0 Å². The summed E-state index contributed by atoms with van der Waals surface area (Å²) < 4.78 is 0. The Kier molecular flexibility index (Phi) is 1.61. The van der Waals surface area contributed by atoms with Crippen molar-refractivity contribution < 1.29 is 0 Å². The van der Waals surface area contributed by atoms with Crippen LogP contribution in [0.15, 0.2) is 30.2 Å². The molecule has 0 aliphatic rings. The van der Waals surface area contributed by atoms with Crippen molar-refractivity contribution in [1.82, 2.24) is 29.9 Å². The minimum atomic E-state index is 0.821. The first-order chi connectivity index (χ1) is 8.42. The molecule has 0 aliphatic heterocycles. The van der Waals surface area contributed by atoms with E-state index in [0.717, 1.165) is 27.1 Å². The topological polar surface area (TPSA) is 72.3 Å². The summed E-state index contributed by atoms with van der Waals surface area (Å²) >= 11 is 1.52. The molecule has 0 radical (unpaired) electrons. The molecule has 0 unspecified atom stereocenters. The molecule has 0 spiro atoms. The molecule has 1 aromatic carbocycles. The van der Waals surface area contributed by atoms with E-state index in [1.807, 2.05) is 12.1 Å². The van der Waals surface area contributed by atoms with Gasteiger partial charge in [-0.1, -0.05) is 0 Å². The fourth-order valence-corrected chi connectivity index (χ4v) is 2.34. The normalized spacial score (nSPS) is 11.5. The van der Waals surface area contributed by atoms with Crippen molar-refractivity contribution in [3.63, 3.8) is 0 Å². The number of nitrogens with zero attached hydrogens (tertiary/aromatic N) is 5. The summed E-state index contributed by atoms with van der Waals surface area (Å²) in [6.07, 6.45) is 3.32. The lowest BCUT2D eigenvalue weighted by atomic mass is 10.3. The van der Waals surface area contributed by atoms with Gasteiger partial charge in [-0.15, -0.1) is 16.4 Å². The zero-order valence-electron chi connectivity index (χ0n) is 8.53. The van der Waals surface area contributed by atoms with Crippen LogP contribution in [-0.2, 0) is 0 Å². The summed E-state index contributed by atoms with van der Waals surface area (Å²) in [6, 6.07) is 3.89. The minimum Gasteiger partial charge on any atom is -0.275 e.